The second kappa shape index (κ2) is 10.2. The van der Waals surface area contributed by atoms with Gasteiger partial charge in [0.25, 0.3) is 0 Å². The molecule has 0 heterocycles. The van der Waals surface area contributed by atoms with Crippen LogP contribution >= 0.6 is 0 Å². The maximum Gasteiger partial charge on any atom is 0.0160 e. The minimum atomic E-state index is 0.755. The van der Waals surface area contributed by atoms with Gasteiger partial charge >= 0.3 is 0 Å². The van der Waals surface area contributed by atoms with E-state index in [0.717, 1.165) is 25.6 Å². The van der Waals surface area contributed by atoms with Crippen LogP contribution in [0.4, 0.5) is 0 Å². The summed E-state index contributed by atoms with van der Waals surface area (Å²) in [6.07, 6.45) is 4.46. The third kappa shape index (κ3) is 9.95. The highest BCUT2D eigenvalue weighted by Gasteiger charge is 2.00. The predicted molar refractivity (Wildman–Crippen MR) is 69.3 cm³/mol. The van der Waals surface area contributed by atoms with Crippen LogP contribution in [0.5, 0.6) is 0 Å². The summed E-state index contributed by atoms with van der Waals surface area (Å²) in [5.74, 6) is 0.755. The van der Waals surface area contributed by atoms with E-state index in [2.05, 4.69) is 37.6 Å². The fraction of sp³-hybridized carbons (Fsp3) is 0.846. The summed E-state index contributed by atoms with van der Waals surface area (Å²) in [5, 5.41) is 3.47. The van der Waals surface area contributed by atoms with Crippen molar-refractivity contribution in [3.05, 3.63) is 12.7 Å². The van der Waals surface area contributed by atoms with Gasteiger partial charge in [-0.15, -0.1) is 6.58 Å². The molecule has 0 unspecified atom stereocenters. The van der Waals surface area contributed by atoms with Crippen molar-refractivity contribution in [2.45, 2.75) is 33.6 Å². The van der Waals surface area contributed by atoms with Gasteiger partial charge in [0, 0.05) is 6.54 Å². The molecule has 0 fully saturated rings. The molecular weight excluding hydrogens is 184 g/mol. The Morgan fingerprint density at radius 3 is 2.60 bits per heavy atom. The summed E-state index contributed by atoms with van der Waals surface area (Å²) in [5.41, 5.74) is 0. The molecule has 0 rings (SSSR count). The Morgan fingerprint density at radius 1 is 1.33 bits per heavy atom. The van der Waals surface area contributed by atoms with Gasteiger partial charge in [-0.2, -0.15) is 0 Å². The van der Waals surface area contributed by atoms with E-state index >= 15 is 0 Å². The molecule has 0 amide bonds. The first kappa shape index (κ1) is 14.7. The van der Waals surface area contributed by atoms with Crippen LogP contribution in [0.3, 0.4) is 0 Å². The predicted octanol–water partition coefficient (Wildman–Crippen LogP) is 2.52. The molecule has 0 bridgehead atoms. The summed E-state index contributed by atoms with van der Waals surface area (Å²) >= 11 is 0. The molecule has 0 saturated carbocycles. The third-order valence-electron chi connectivity index (χ3n) is 2.31. The highest BCUT2D eigenvalue weighted by Crippen LogP contribution is 1.94. The minimum Gasteiger partial charge on any atom is -0.316 e. The minimum absolute atomic E-state index is 0.755. The van der Waals surface area contributed by atoms with Gasteiger partial charge in [0.15, 0.2) is 0 Å². The Bertz CT molecular complexity index is 143. The number of hydrogen-bond donors (Lipinski definition) is 1. The molecule has 0 aromatic rings. The van der Waals surface area contributed by atoms with Crippen molar-refractivity contribution >= 4 is 0 Å². The maximum absolute atomic E-state index is 3.79. The van der Waals surface area contributed by atoms with Crippen molar-refractivity contribution < 1.29 is 0 Å². The molecule has 2 heteroatoms. The lowest BCUT2D eigenvalue weighted by Crippen LogP contribution is -2.29. The van der Waals surface area contributed by atoms with E-state index in [-0.39, 0.29) is 0 Å². The van der Waals surface area contributed by atoms with Crippen LogP contribution in [0.1, 0.15) is 33.6 Å². The molecule has 0 aromatic carbocycles. The SMILES string of the molecule is C=CCN(CCC)CCCNCC(C)C. The second-order valence-corrected chi connectivity index (χ2v) is 4.54. The Kier molecular flexibility index (Phi) is 9.96. The molecule has 0 aliphatic carbocycles. The monoisotopic (exact) mass is 212 g/mol. The van der Waals surface area contributed by atoms with Gasteiger partial charge in [-0.3, -0.25) is 4.90 Å². The molecule has 0 aliphatic rings. The molecule has 15 heavy (non-hydrogen) atoms. The summed E-state index contributed by atoms with van der Waals surface area (Å²) in [6, 6.07) is 0. The quantitative estimate of drug-likeness (QED) is 0.442. The smallest absolute Gasteiger partial charge is 0.0160 e. The van der Waals surface area contributed by atoms with E-state index in [1.165, 1.54) is 25.9 Å². The molecule has 2 nitrogen and oxygen atoms in total. The van der Waals surface area contributed by atoms with Gasteiger partial charge in [0.05, 0.1) is 0 Å². The van der Waals surface area contributed by atoms with Crippen molar-refractivity contribution in [2.75, 3.05) is 32.7 Å². The number of rotatable bonds is 10. The Labute approximate surface area is 95.7 Å². The van der Waals surface area contributed by atoms with Crippen molar-refractivity contribution in [1.29, 1.82) is 0 Å². The Hall–Kier alpha value is -0.340. The van der Waals surface area contributed by atoms with Gasteiger partial charge in [-0.1, -0.05) is 26.8 Å². The van der Waals surface area contributed by atoms with Crippen molar-refractivity contribution in [3.63, 3.8) is 0 Å². The first-order valence-corrected chi connectivity index (χ1v) is 6.24. The fourth-order valence-electron chi connectivity index (χ4n) is 1.61. The highest BCUT2D eigenvalue weighted by molar-refractivity contribution is 4.73. The molecular formula is C13H28N2. The van der Waals surface area contributed by atoms with Crippen molar-refractivity contribution in [3.8, 4) is 0 Å². The van der Waals surface area contributed by atoms with Crippen molar-refractivity contribution in [1.82, 2.24) is 10.2 Å². The molecule has 0 atom stereocenters. The number of nitrogens with zero attached hydrogens (tertiary/aromatic N) is 1. The zero-order valence-electron chi connectivity index (χ0n) is 10.8. The first-order chi connectivity index (χ1) is 7.20. The lowest BCUT2D eigenvalue weighted by Gasteiger charge is -2.19. The maximum atomic E-state index is 3.79. The average Bonchev–Trinajstić information content (AvgIpc) is 2.17. The largest absolute Gasteiger partial charge is 0.316 e. The normalized spacial score (nSPS) is 11.3. The van der Waals surface area contributed by atoms with Gasteiger partial charge < -0.3 is 5.32 Å². The molecule has 0 saturated heterocycles. The van der Waals surface area contributed by atoms with E-state index in [4.69, 9.17) is 0 Å². The van der Waals surface area contributed by atoms with Crippen LogP contribution in [0, 0.1) is 5.92 Å². The lowest BCUT2D eigenvalue weighted by atomic mass is 10.2. The van der Waals surface area contributed by atoms with Crippen LogP contribution < -0.4 is 5.32 Å². The molecule has 1 N–H and O–H groups in total. The standard InChI is InChI=1S/C13H28N2/c1-5-9-15(10-6-2)11-7-8-14-12-13(3)4/h5,13-14H,1,6-12H2,2-4H3. The second-order valence-electron chi connectivity index (χ2n) is 4.54. The van der Waals surface area contributed by atoms with Gasteiger partial charge in [-0.05, 0) is 44.9 Å². The Morgan fingerprint density at radius 2 is 2.07 bits per heavy atom. The summed E-state index contributed by atoms with van der Waals surface area (Å²) in [6.45, 7) is 16.2. The molecule has 0 radical (unpaired) electrons. The average molecular weight is 212 g/mol. The summed E-state index contributed by atoms with van der Waals surface area (Å²) in [4.78, 5) is 2.46. The van der Waals surface area contributed by atoms with Crippen LogP contribution in [-0.2, 0) is 0 Å². The van der Waals surface area contributed by atoms with Crippen LogP contribution in [0.25, 0.3) is 0 Å². The summed E-state index contributed by atoms with van der Waals surface area (Å²) in [7, 11) is 0. The van der Waals surface area contributed by atoms with Crippen LogP contribution in [0.15, 0.2) is 12.7 Å². The first-order valence-electron chi connectivity index (χ1n) is 6.24. The van der Waals surface area contributed by atoms with E-state index < -0.39 is 0 Å². The van der Waals surface area contributed by atoms with E-state index in [0.29, 0.717) is 0 Å². The van der Waals surface area contributed by atoms with Gasteiger partial charge in [0.2, 0.25) is 0 Å². The Balaban J connectivity index is 3.40. The third-order valence-corrected chi connectivity index (χ3v) is 2.31. The van der Waals surface area contributed by atoms with Gasteiger partial charge in [-0.25, -0.2) is 0 Å². The molecule has 0 spiro atoms. The zero-order chi connectivity index (χ0) is 11.5. The van der Waals surface area contributed by atoms with E-state index in [1.54, 1.807) is 0 Å². The fourth-order valence-corrected chi connectivity index (χ4v) is 1.61. The van der Waals surface area contributed by atoms with E-state index in [1.807, 2.05) is 6.08 Å². The lowest BCUT2D eigenvalue weighted by molar-refractivity contribution is 0.296. The number of nitrogens with one attached hydrogen (secondary N) is 1. The molecule has 0 aromatic heterocycles. The molecule has 0 aliphatic heterocycles. The highest BCUT2D eigenvalue weighted by atomic mass is 15.1. The topological polar surface area (TPSA) is 15.3 Å². The van der Waals surface area contributed by atoms with Gasteiger partial charge in [0.1, 0.15) is 0 Å². The summed E-state index contributed by atoms with van der Waals surface area (Å²) < 4.78 is 0. The zero-order valence-corrected chi connectivity index (χ0v) is 10.8. The molecule has 90 valence electrons. The van der Waals surface area contributed by atoms with Crippen LogP contribution in [0.2, 0.25) is 0 Å². The van der Waals surface area contributed by atoms with Crippen LogP contribution in [-0.4, -0.2) is 37.6 Å². The van der Waals surface area contributed by atoms with E-state index in [9.17, 15) is 0 Å². The van der Waals surface area contributed by atoms with Crippen molar-refractivity contribution in [2.24, 2.45) is 5.92 Å². The number of hydrogen-bond acceptors (Lipinski definition) is 2.